The van der Waals surface area contributed by atoms with Crippen LogP contribution in [-0.2, 0) is 0 Å². The maximum absolute atomic E-state index is 11.5. The molecular formula is C14H24N2O3. The lowest BCUT2D eigenvalue weighted by Gasteiger charge is -2.28. The van der Waals surface area contributed by atoms with Crippen molar-refractivity contribution in [2.24, 2.45) is 5.41 Å². The van der Waals surface area contributed by atoms with Gasteiger partial charge in [-0.1, -0.05) is 20.8 Å². The second kappa shape index (κ2) is 5.23. The normalized spacial score (nSPS) is 13.7. The van der Waals surface area contributed by atoms with Crippen LogP contribution in [-0.4, -0.2) is 27.0 Å². The van der Waals surface area contributed by atoms with E-state index in [4.69, 9.17) is 4.74 Å². The Morgan fingerprint density at radius 2 is 1.84 bits per heavy atom. The number of aryl methyl sites for hydroxylation is 1. The van der Waals surface area contributed by atoms with Gasteiger partial charge in [-0.2, -0.15) is 5.10 Å². The van der Waals surface area contributed by atoms with Gasteiger partial charge in [-0.15, -0.1) is 0 Å². The van der Waals surface area contributed by atoms with Gasteiger partial charge in [0.2, 0.25) is 0 Å². The first-order chi connectivity index (χ1) is 8.55. The van der Waals surface area contributed by atoms with Crippen LogP contribution in [0.3, 0.4) is 0 Å². The first kappa shape index (κ1) is 15.5. The Morgan fingerprint density at radius 3 is 2.21 bits per heavy atom. The zero-order valence-electron chi connectivity index (χ0n) is 12.8. The van der Waals surface area contributed by atoms with Gasteiger partial charge in [0.25, 0.3) is 0 Å². The molecular weight excluding hydrogens is 244 g/mol. The van der Waals surface area contributed by atoms with Gasteiger partial charge in [-0.3, -0.25) is 4.68 Å². The molecule has 0 aliphatic rings. The fourth-order valence-corrected chi connectivity index (χ4v) is 1.75. The maximum atomic E-state index is 11.5. The van der Waals surface area contributed by atoms with Crippen molar-refractivity contribution in [2.45, 2.75) is 60.6 Å². The van der Waals surface area contributed by atoms with E-state index in [2.05, 4.69) is 25.9 Å². The van der Waals surface area contributed by atoms with Crippen LogP contribution in [0.4, 0.5) is 0 Å². The van der Waals surface area contributed by atoms with Gasteiger partial charge in [0, 0.05) is 0 Å². The average molecular weight is 268 g/mol. The standard InChI is InChI=1S/C14H24N2O3/c1-8(2)19-12-9(3)15-16(11(12)13(17)18)10(4)14(5,6)7/h8,10H,1-7H3,(H,17,18). The maximum Gasteiger partial charge on any atom is 0.358 e. The molecule has 1 unspecified atom stereocenters. The van der Waals surface area contributed by atoms with Crippen molar-refractivity contribution in [2.75, 3.05) is 0 Å². The first-order valence-corrected chi connectivity index (χ1v) is 6.54. The SMILES string of the molecule is Cc1nn(C(C)C(C)(C)C)c(C(=O)O)c1OC(C)C. The van der Waals surface area contributed by atoms with Gasteiger partial charge in [-0.25, -0.2) is 4.79 Å². The lowest BCUT2D eigenvalue weighted by molar-refractivity contribution is 0.0667. The summed E-state index contributed by atoms with van der Waals surface area (Å²) in [5.41, 5.74) is 0.661. The van der Waals surface area contributed by atoms with Gasteiger partial charge in [0.15, 0.2) is 11.4 Å². The second-order valence-electron chi connectivity index (χ2n) is 6.22. The number of carboxylic acids is 1. The molecule has 0 aliphatic heterocycles. The summed E-state index contributed by atoms with van der Waals surface area (Å²) in [6.07, 6.45) is -0.0839. The minimum Gasteiger partial charge on any atom is -0.486 e. The molecule has 108 valence electrons. The Bertz CT molecular complexity index is 470. The molecule has 0 amide bonds. The van der Waals surface area contributed by atoms with E-state index in [-0.39, 0.29) is 23.3 Å². The third-order valence-corrected chi connectivity index (χ3v) is 3.21. The summed E-state index contributed by atoms with van der Waals surface area (Å²) in [5, 5.41) is 13.8. The predicted octanol–water partition coefficient (Wildman–Crippen LogP) is 3.28. The van der Waals surface area contributed by atoms with E-state index >= 15 is 0 Å². The van der Waals surface area contributed by atoms with E-state index in [0.29, 0.717) is 11.4 Å². The molecule has 5 nitrogen and oxygen atoms in total. The van der Waals surface area contributed by atoms with Crippen molar-refractivity contribution in [3.05, 3.63) is 11.4 Å². The molecule has 0 saturated heterocycles. The molecule has 0 bridgehead atoms. The highest BCUT2D eigenvalue weighted by Crippen LogP contribution is 2.34. The molecule has 1 atom stereocenters. The molecule has 0 aliphatic carbocycles. The first-order valence-electron chi connectivity index (χ1n) is 6.54. The average Bonchev–Trinajstić information content (AvgIpc) is 2.53. The number of aromatic nitrogens is 2. The fraction of sp³-hybridized carbons (Fsp3) is 0.714. The van der Waals surface area contributed by atoms with Crippen LogP contribution in [0, 0.1) is 12.3 Å². The molecule has 1 N–H and O–H groups in total. The highest BCUT2D eigenvalue weighted by molar-refractivity contribution is 5.89. The summed E-state index contributed by atoms with van der Waals surface area (Å²) in [4.78, 5) is 11.5. The van der Waals surface area contributed by atoms with E-state index in [0.717, 1.165) is 0 Å². The van der Waals surface area contributed by atoms with Gasteiger partial charge in [0.05, 0.1) is 12.1 Å². The molecule has 1 rings (SSSR count). The van der Waals surface area contributed by atoms with Gasteiger partial charge in [0.1, 0.15) is 5.69 Å². The molecule has 0 saturated carbocycles. The summed E-state index contributed by atoms with van der Waals surface area (Å²) >= 11 is 0. The Hall–Kier alpha value is -1.52. The smallest absolute Gasteiger partial charge is 0.358 e. The Labute approximate surface area is 114 Å². The molecule has 1 aromatic rings. The third-order valence-electron chi connectivity index (χ3n) is 3.21. The highest BCUT2D eigenvalue weighted by Gasteiger charge is 2.31. The highest BCUT2D eigenvalue weighted by atomic mass is 16.5. The molecule has 5 heteroatoms. The second-order valence-corrected chi connectivity index (χ2v) is 6.22. The zero-order chi connectivity index (χ0) is 15.0. The molecule has 0 aromatic carbocycles. The third kappa shape index (κ3) is 3.28. The van der Waals surface area contributed by atoms with E-state index in [1.54, 1.807) is 11.6 Å². The quantitative estimate of drug-likeness (QED) is 0.910. The number of aromatic carboxylic acids is 1. The molecule has 0 spiro atoms. The fourth-order valence-electron chi connectivity index (χ4n) is 1.75. The number of carbonyl (C=O) groups is 1. The number of rotatable bonds is 4. The van der Waals surface area contributed by atoms with Crippen LogP contribution in [0.25, 0.3) is 0 Å². The lowest BCUT2D eigenvalue weighted by Crippen LogP contribution is -2.25. The topological polar surface area (TPSA) is 64.4 Å². The number of nitrogens with zero attached hydrogens (tertiary/aromatic N) is 2. The summed E-state index contributed by atoms with van der Waals surface area (Å²) in [5.74, 6) is -0.633. The predicted molar refractivity (Wildman–Crippen MR) is 73.9 cm³/mol. The summed E-state index contributed by atoms with van der Waals surface area (Å²) in [6, 6.07) is -0.0400. The van der Waals surface area contributed by atoms with Gasteiger partial charge >= 0.3 is 5.97 Å². The number of ether oxygens (including phenoxy) is 1. The van der Waals surface area contributed by atoms with E-state index in [1.807, 2.05) is 20.8 Å². The van der Waals surface area contributed by atoms with Crippen molar-refractivity contribution in [3.8, 4) is 5.75 Å². The largest absolute Gasteiger partial charge is 0.486 e. The summed E-state index contributed by atoms with van der Waals surface area (Å²) in [7, 11) is 0. The Morgan fingerprint density at radius 1 is 1.32 bits per heavy atom. The Kier molecular flexibility index (Phi) is 4.28. The van der Waals surface area contributed by atoms with Crippen LogP contribution in [0.15, 0.2) is 0 Å². The molecule has 0 radical (unpaired) electrons. The van der Waals surface area contributed by atoms with Crippen molar-refractivity contribution in [1.82, 2.24) is 9.78 Å². The van der Waals surface area contributed by atoms with Crippen molar-refractivity contribution in [3.63, 3.8) is 0 Å². The monoisotopic (exact) mass is 268 g/mol. The van der Waals surface area contributed by atoms with Gasteiger partial charge in [-0.05, 0) is 33.1 Å². The summed E-state index contributed by atoms with van der Waals surface area (Å²) < 4.78 is 7.18. The molecule has 1 heterocycles. The van der Waals surface area contributed by atoms with Crippen molar-refractivity contribution < 1.29 is 14.6 Å². The van der Waals surface area contributed by atoms with E-state index < -0.39 is 5.97 Å². The number of hydrogen-bond donors (Lipinski definition) is 1. The zero-order valence-corrected chi connectivity index (χ0v) is 12.8. The lowest BCUT2D eigenvalue weighted by atomic mass is 9.88. The van der Waals surface area contributed by atoms with E-state index in [9.17, 15) is 9.90 Å². The van der Waals surface area contributed by atoms with Gasteiger partial charge < -0.3 is 9.84 Å². The molecule has 0 fully saturated rings. The van der Waals surface area contributed by atoms with Crippen molar-refractivity contribution in [1.29, 1.82) is 0 Å². The number of hydrogen-bond acceptors (Lipinski definition) is 3. The Balaban J connectivity index is 3.38. The van der Waals surface area contributed by atoms with Crippen LogP contribution in [0.1, 0.15) is 63.8 Å². The van der Waals surface area contributed by atoms with Crippen molar-refractivity contribution >= 4 is 5.97 Å². The van der Waals surface area contributed by atoms with Crippen LogP contribution in [0.2, 0.25) is 0 Å². The van der Waals surface area contributed by atoms with Crippen LogP contribution in [0.5, 0.6) is 5.75 Å². The molecule has 1 aromatic heterocycles. The van der Waals surface area contributed by atoms with Crippen LogP contribution >= 0.6 is 0 Å². The number of carboxylic acid groups (broad SMARTS) is 1. The van der Waals surface area contributed by atoms with Crippen LogP contribution < -0.4 is 4.74 Å². The van der Waals surface area contributed by atoms with E-state index in [1.165, 1.54) is 0 Å². The minimum absolute atomic E-state index is 0.0400. The molecule has 19 heavy (non-hydrogen) atoms. The minimum atomic E-state index is -1.01. The summed E-state index contributed by atoms with van der Waals surface area (Å²) in [6.45, 7) is 13.7.